The maximum atomic E-state index is 9.37. The molecule has 1 aliphatic rings. The molecule has 0 aromatic heterocycles. The van der Waals surface area contributed by atoms with Crippen LogP contribution >= 0.6 is 0 Å². The van der Waals surface area contributed by atoms with Gasteiger partial charge >= 0.3 is 0 Å². The SMILES string of the molecule is COc1ccc(C#N)c(-c2cc(N)cc3c2CN(C#N)C3)c1. The molecular weight excluding hydrogens is 276 g/mol. The first kappa shape index (κ1) is 13.8. The first-order chi connectivity index (χ1) is 10.7. The van der Waals surface area contributed by atoms with Gasteiger partial charge in [-0.05, 0) is 47.0 Å². The van der Waals surface area contributed by atoms with Crippen LogP contribution in [0.2, 0.25) is 0 Å². The van der Waals surface area contributed by atoms with E-state index in [1.165, 1.54) is 0 Å². The summed E-state index contributed by atoms with van der Waals surface area (Å²) in [6.45, 7) is 1.08. The van der Waals surface area contributed by atoms with E-state index < -0.39 is 0 Å². The molecule has 2 aromatic rings. The summed E-state index contributed by atoms with van der Waals surface area (Å²) in [5.41, 5.74) is 10.9. The molecule has 2 N–H and O–H groups in total. The van der Waals surface area contributed by atoms with Crippen LogP contribution in [-0.2, 0) is 13.1 Å². The molecule has 108 valence electrons. The topological polar surface area (TPSA) is 86.1 Å². The van der Waals surface area contributed by atoms with E-state index in [1.807, 2.05) is 18.2 Å². The third-order valence-corrected chi connectivity index (χ3v) is 3.85. The Balaban J connectivity index is 2.23. The fraction of sp³-hybridized carbons (Fsp3) is 0.176. The number of nitrogen functional groups attached to an aromatic ring is 1. The van der Waals surface area contributed by atoms with Gasteiger partial charge in [0.2, 0.25) is 0 Å². The summed E-state index contributed by atoms with van der Waals surface area (Å²) in [5.74, 6) is 0.681. The van der Waals surface area contributed by atoms with E-state index in [0.29, 0.717) is 30.1 Å². The highest BCUT2D eigenvalue weighted by Gasteiger charge is 2.23. The Bertz CT molecular complexity index is 830. The van der Waals surface area contributed by atoms with Gasteiger partial charge in [0, 0.05) is 11.3 Å². The Morgan fingerprint density at radius 3 is 2.64 bits per heavy atom. The van der Waals surface area contributed by atoms with Gasteiger partial charge in [0.15, 0.2) is 6.19 Å². The molecule has 0 spiro atoms. The normalized spacial score (nSPS) is 12.4. The lowest BCUT2D eigenvalue weighted by Crippen LogP contribution is -2.07. The average Bonchev–Trinajstić information content (AvgIpc) is 2.96. The molecule has 0 saturated heterocycles. The Morgan fingerprint density at radius 1 is 1.14 bits per heavy atom. The molecule has 22 heavy (non-hydrogen) atoms. The van der Waals surface area contributed by atoms with Gasteiger partial charge in [-0.1, -0.05) is 0 Å². The molecule has 3 rings (SSSR count). The number of hydrogen-bond donors (Lipinski definition) is 1. The number of fused-ring (bicyclic) bond motifs is 1. The van der Waals surface area contributed by atoms with Gasteiger partial charge in [-0.3, -0.25) is 0 Å². The van der Waals surface area contributed by atoms with E-state index in [-0.39, 0.29) is 0 Å². The zero-order valence-corrected chi connectivity index (χ0v) is 12.1. The third-order valence-electron chi connectivity index (χ3n) is 3.85. The molecule has 0 fully saturated rings. The number of ether oxygens (including phenoxy) is 1. The predicted molar refractivity (Wildman–Crippen MR) is 82.4 cm³/mol. The quantitative estimate of drug-likeness (QED) is 0.678. The van der Waals surface area contributed by atoms with Crippen LogP contribution in [0.5, 0.6) is 5.75 Å². The highest BCUT2D eigenvalue weighted by Crippen LogP contribution is 2.37. The molecule has 0 aliphatic carbocycles. The maximum Gasteiger partial charge on any atom is 0.179 e. The summed E-state index contributed by atoms with van der Waals surface area (Å²) in [7, 11) is 1.59. The second kappa shape index (κ2) is 5.31. The van der Waals surface area contributed by atoms with E-state index in [0.717, 1.165) is 22.3 Å². The number of benzene rings is 2. The van der Waals surface area contributed by atoms with Gasteiger partial charge in [0.1, 0.15) is 5.75 Å². The number of rotatable bonds is 2. The van der Waals surface area contributed by atoms with Crippen molar-refractivity contribution in [2.24, 2.45) is 0 Å². The fourth-order valence-corrected chi connectivity index (χ4v) is 2.82. The maximum absolute atomic E-state index is 9.37. The molecule has 5 heteroatoms. The molecule has 0 bridgehead atoms. The van der Waals surface area contributed by atoms with Gasteiger partial charge in [0.25, 0.3) is 0 Å². The van der Waals surface area contributed by atoms with Crippen LogP contribution in [0, 0.1) is 22.8 Å². The average molecular weight is 290 g/mol. The Kier molecular flexibility index (Phi) is 3.33. The first-order valence-electron chi connectivity index (χ1n) is 6.80. The Labute approximate surface area is 128 Å². The minimum Gasteiger partial charge on any atom is -0.497 e. The van der Waals surface area contributed by atoms with Crippen LogP contribution in [0.4, 0.5) is 5.69 Å². The predicted octanol–water partition coefficient (Wildman–Crippen LogP) is 2.61. The number of methoxy groups -OCH3 is 1. The van der Waals surface area contributed by atoms with Crippen LogP contribution in [0.3, 0.4) is 0 Å². The van der Waals surface area contributed by atoms with Gasteiger partial charge in [0.05, 0.1) is 31.8 Å². The van der Waals surface area contributed by atoms with Crippen LogP contribution in [-0.4, -0.2) is 12.0 Å². The minimum absolute atomic E-state index is 0.531. The summed E-state index contributed by atoms with van der Waals surface area (Å²) < 4.78 is 5.26. The zero-order valence-electron chi connectivity index (χ0n) is 12.1. The lowest BCUT2D eigenvalue weighted by Gasteiger charge is -2.12. The van der Waals surface area contributed by atoms with E-state index in [1.54, 1.807) is 24.1 Å². The lowest BCUT2D eigenvalue weighted by atomic mass is 9.93. The lowest BCUT2D eigenvalue weighted by molar-refractivity contribution is 0.415. The van der Waals surface area contributed by atoms with Crippen LogP contribution in [0.1, 0.15) is 16.7 Å². The standard InChI is InChI=1S/C17H14N4O/c1-22-14-3-2-11(7-18)15(6-14)16-5-13(20)4-12-8-21(10-19)9-17(12)16/h2-6H,8-9,20H2,1H3. The van der Waals surface area contributed by atoms with Gasteiger partial charge < -0.3 is 15.4 Å². The van der Waals surface area contributed by atoms with Crippen molar-refractivity contribution in [1.82, 2.24) is 4.90 Å². The highest BCUT2D eigenvalue weighted by atomic mass is 16.5. The van der Waals surface area contributed by atoms with Crippen molar-refractivity contribution in [3.63, 3.8) is 0 Å². The van der Waals surface area contributed by atoms with E-state index in [4.69, 9.17) is 15.7 Å². The van der Waals surface area contributed by atoms with Crippen molar-refractivity contribution < 1.29 is 4.74 Å². The van der Waals surface area contributed by atoms with E-state index in [9.17, 15) is 5.26 Å². The number of nitriles is 2. The molecule has 0 radical (unpaired) electrons. The van der Waals surface area contributed by atoms with Crippen molar-refractivity contribution in [2.75, 3.05) is 12.8 Å². The second-order valence-corrected chi connectivity index (χ2v) is 5.19. The molecular formula is C17H14N4O. The molecule has 0 saturated carbocycles. The highest BCUT2D eigenvalue weighted by molar-refractivity contribution is 5.78. The van der Waals surface area contributed by atoms with Crippen LogP contribution < -0.4 is 10.5 Å². The zero-order chi connectivity index (χ0) is 15.7. The minimum atomic E-state index is 0.531. The summed E-state index contributed by atoms with van der Waals surface area (Å²) in [6.07, 6.45) is 2.16. The Hall–Kier alpha value is -3.18. The molecule has 1 aliphatic heterocycles. The number of nitrogens with two attached hydrogens (primary N) is 1. The second-order valence-electron chi connectivity index (χ2n) is 5.19. The number of anilines is 1. The van der Waals surface area contributed by atoms with Gasteiger partial charge in [-0.2, -0.15) is 10.5 Å². The monoisotopic (exact) mass is 290 g/mol. The third kappa shape index (κ3) is 2.19. The largest absolute Gasteiger partial charge is 0.497 e. The van der Waals surface area contributed by atoms with Crippen molar-refractivity contribution in [3.05, 3.63) is 47.0 Å². The van der Waals surface area contributed by atoms with Gasteiger partial charge in [-0.25, -0.2) is 0 Å². The van der Waals surface area contributed by atoms with Crippen molar-refractivity contribution >= 4 is 5.69 Å². The molecule has 2 aromatic carbocycles. The smallest absolute Gasteiger partial charge is 0.179 e. The first-order valence-corrected chi connectivity index (χ1v) is 6.80. The summed E-state index contributed by atoms with van der Waals surface area (Å²) >= 11 is 0. The molecule has 1 heterocycles. The van der Waals surface area contributed by atoms with Crippen molar-refractivity contribution in [1.29, 1.82) is 10.5 Å². The van der Waals surface area contributed by atoms with E-state index in [2.05, 4.69) is 12.3 Å². The molecule has 0 amide bonds. The van der Waals surface area contributed by atoms with Crippen LogP contribution in [0.25, 0.3) is 11.1 Å². The van der Waals surface area contributed by atoms with Crippen LogP contribution in [0.15, 0.2) is 30.3 Å². The molecule has 5 nitrogen and oxygen atoms in total. The number of hydrogen-bond acceptors (Lipinski definition) is 5. The summed E-state index contributed by atoms with van der Waals surface area (Å²) in [6, 6.07) is 11.3. The molecule has 0 unspecified atom stereocenters. The summed E-state index contributed by atoms with van der Waals surface area (Å²) in [4.78, 5) is 1.67. The van der Waals surface area contributed by atoms with Crippen molar-refractivity contribution in [3.8, 4) is 29.1 Å². The fourth-order valence-electron chi connectivity index (χ4n) is 2.82. The Morgan fingerprint density at radius 2 is 1.95 bits per heavy atom. The molecule has 0 atom stereocenters. The van der Waals surface area contributed by atoms with Gasteiger partial charge in [-0.15, -0.1) is 0 Å². The number of nitrogens with zero attached hydrogens (tertiary/aromatic N) is 3. The van der Waals surface area contributed by atoms with E-state index >= 15 is 0 Å². The van der Waals surface area contributed by atoms with Crippen molar-refractivity contribution in [2.45, 2.75) is 13.1 Å². The summed E-state index contributed by atoms with van der Waals surface area (Å²) in [5, 5.41) is 18.5.